The monoisotopic (exact) mass is 236 g/mol. The average molecular weight is 236 g/mol. The number of hydrogen-bond donors (Lipinski definition) is 1. The van der Waals surface area contributed by atoms with Gasteiger partial charge in [-0.25, -0.2) is 4.98 Å². The first kappa shape index (κ1) is 13.7. The summed E-state index contributed by atoms with van der Waals surface area (Å²) in [4.78, 5) is 4.31. The Morgan fingerprint density at radius 1 is 1.53 bits per heavy atom. The van der Waals surface area contributed by atoms with Crippen molar-refractivity contribution in [3.8, 4) is 6.07 Å². The third kappa shape index (κ3) is 6.05. The van der Waals surface area contributed by atoms with Crippen molar-refractivity contribution in [3.05, 3.63) is 18.2 Å². The van der Waals surface area contributed by atoms with Gasteiger partial charge in [0.2, 0.25) is 0 Å². The van der Waals surface area contributed by atoms with E-state index in [1.165, 1.54) is 0 Å². The molecule has 0 bridgehead atoms. The van der Waals surface area contributed by atoms with Gasteiger partial charge in [0.15, 0.2) is 0 Å². The van der Waals surface area contributed by atoms with E-state index < -0.39 is 0 Å². The minimum Gasteiger partial charge on any atom is -0.383 e. The molecule has 1 N–H and O–H groups in total. The zero-order valence-electron chi connectivity index (χ0n) is 10.4. The first-order chi connectivity index (χ1) is 8.36. The fourth-order valence-electron chi connectivity index (χ4n) is 1.51. The molecule has 0 saturated carbocycles. The minimum atomic E-state index is 0.639. The number of imidazole rings is 1. The molecule has 0 atom stereocenters. The summed E-state index contributed by atoms with van der Waals surface area (Å²) in [6.07, 6.45) is 6.52. The van der Waals surface area contributed by atoms with Crippen LogP contribution in [-0.4, -0.2) is 29.8 Å². The summed E-state index contributed by atoms with van der Waals surface area (Å²) in [6, 6.07) is 2.15. The van der Waals surface area contributed by atoms with Crippen LogP contribution in [0.25, 0.3) is 0 Å². The van der Waals surface area contributed by atoms with E-state index in [4.69, 9.17) is 10.00 Å². The highest BCUT2D eigenvalue weighted by Gasteiger charge is 1.98. The van der Waals surface area contributed by atoms with Crippen molar-refractivity contribution in [2.45, 2.75) is 32.4 Å². The molecule has 0 amide bonds. The van der Waals surface area contributed by atoms with Crippen molar-refractivity contribution in [1.29, 1.82) is 5.26 Å². The smallest absolute Gasteiger partial charge is 0.0949 e. The molecule has 1 aromatic rings. The van der Waals surface area contributed by atoms with Gasteiger partial charge < -0.3 is 14.6 Å². The molecule has 0 aliphatic carbocycles. The van der Waals surface area contributed by atoms with Crippen LogP contribution in [-0.2, 0) is 17.8 Å². The van der Waals surface area contributed by atoms with E-state index in [1.807, 2.05) is 12.5 Å². The van der Waals surface area contributed by atoms with Gasteiger partial charge in [-0.2, -0.15) is 5.26 Å². The number of methoxy groups -OCH3 is 1. The Labute approximate surface area is 102 Å². The van der Waals surface area contributed by atoms with Crippen molar-refractivity contribution in [2.75, 3.05) is 20.3 Å². The summed E-state index contributed by atoms with van der Waals surface area (Å²) in [7, 11) is 1.69. The number of rotatable bonds is 9. The molecule has 17 heavy (non-hydrogen) atoms. The largest absolute Gasteiger partial charge is 0.383 e. The average Bonchev–Trinajstić information content (AvgIpc) is 2.78. The highest BCUT2D eigenvalue weighted by molar-refractivity contribution is 4.96. The lowest BCUT2D eigenvalue weighted by Crippen LogP contribution is -2.18. The van der Waals surface area contributed by atoms with Crippen LogP contribution in [0.15, 0.2) is 12.5 Å². The third-order valence-corrected chi connectivity index (χ3v) is 2.43. The lowest BCUT2D eigenvalue weighted by atomic mass is 10.2. The van der Waals surface area contributed by atoms with Crippen molar-refractivity contribution >= 4 is 0 Å². The number of aryl methyl sites for hydroxylation is 1. The van der Waals surface area contributed by atoms with E-state index in [2.05, 4.69) is 20.9 Å². The predicted molar refractivity (Wildman–Crippen MR) is 65.3 cm³/mol. The zero-order chi connectivity index (χ0) is 12.3. The number of ether oxygens (including phenoxy) is 1. The van der Waals surface area contributed by atoms with Gasteiger partial charge in [-0.3, -0.25) is 0 Å². The Balaban J connectivity index is 2.16. The molecule has 1 rings (SSSR count). The van der Waals surface area contributed by atoms with Gasteiger partial charge in [0, 0.05) is 39.4 Å². The topological polar surface area (TPSA) is 62.9 Å². The normalized spacial score (nSPS) is 10.4. The van der Waals surface area contributed by atoms with Crippen LogP contribution >= 0.6 is 0 Å². The summed E-state index contributed by atoms with van der Waals surface area (Å²) in [5, 5.41) is 11.7. The molecule has 0 fully saturated rings. The van der Waals surface area contributed by atoms with Gasteiger partial charge in [-0.1, -0.05) is 0 Å². The van der Waals surface area contributed by atoms with Gasteiger partial charge in [0.05, 0.1) is 24.7 Å². The van der Waals surface area contributed by atoms with Crippen LogP contribution < -0.4 is 5.32 Å². The molecule has 5 heteroatoms. The van der Waals surface area contributed by atoms with Gasteiger partial charge in [-0.15, -0.1) is 0 Å². The fourth-order valence-corrected chi connectivity index (χ4v) is 1.51. The molecule has 0 aliphatic heterocycles. The van der Waals surface area contributed by atoms with Gasteiger partial charge in [-0.05, 0) is 12.8 Å². The molecule has 0 aromatic carbocycles. The van der Waals surface area contributed by atoms with Crippen LogP contribution in [0, 0.1) is 11.3 Å². The second kappa shape index (κ2) is 8.74. The number of nitriles is 1. The Hall–Kier alpha value is -1.38. The molecule has 94 valence electrons. The molecular formula is C12H20N4O. The van der Waals surface area contributed by atoms with E-state index in [-0.39, 0.29) is 0 Å². The Morgan fingerprint density at radius 2 is 2.41 bits per heavy atom. The number of unbranched alkanes of at least 4 members (excludes halogenated alkanes) is 2. The summed E-state index contributed by atoms with van der Waals surface area (Å²) in [5.74, 6) is 0. The molecule has 0 unspecified atom stereocenters. The molecule has 5 nitrogen and oxygen atoms in total. The molecular weight excluding hydrogens is 216 g/mol. The maximum absolute atomic E-state index is 8.42. The van der Waals surface area contributed by atoms with Gasteiger partial charge in [0.25, 0.3) is 0 Å². The Morgan fingerprint density at radius 3 is 3.18 bits per heavy atom. The summed E-state index contributed by atoms with van der Waals surface area (Å²) < 4.78 is 7.02. The molecule has 0 spiro atoms. The highest BCUT2D eigenvalue weighted by Crippen LogP contribution is 2.01. The predicted octanol–water partition coefficient (Wildman–Crippen LogP) is 1.31. The lowest BCUT2D eigenvalue weighted by molar-refractivity contribution is 0.199. The van der Waals surface area contributed by atoms with E-state index in [0.29, 0.717) is 6.42 Å². The van der Waals surface area contributed by atoms with Gasteiger partial charge >= 0.3 is 0 Å². The van der Waals surface area contributed by atoms with E-state index >= 15 is 0 Å². The number of hydrogen-bond acceptors (Lipinski definition) is 4. The second-order valence-corrected chi connectivity index (χ2v) is 3.89. The van der Waals surface area contributed by atoms with Gasteiger partial charge in [0.1, 0.15) is 0 Å². The maximum atomic E-state index is 8.42. The van der Waals surface area contributed by atoms with Crippen LogP contribution in [0.4, 0.5) is 0 Å². The minimum absolute atomic E-state index is 0.639. The summed E-state index contributed by atoms with van der Waals surface area (Å²) >= 11 is 0. The molecule has 1 heterocycles. The lowest BCUT2D eigenvalue weighted by Gasteiger charge is -2.01. The van der Waals surface area contributed by atoms with E-state index in [1.54, 1.807) is 7.11 Å². The Kier molecular flexibility index (Phi) is 7.03. The molecule has 0 saturated heterocycles. The second-order valence-electron chi connectivity index (χ2n) is 3.89. The third-order valence-electron chi connectivity index (χ3n) is 2.43. The van der Waals surface area contributed by atoms with Crippen molar-refractivity contribution in [3.63, 3.8) is 0 Å². The van der Waals surface area contributed by atoms with Crippen LogP contribution in [0.5, 0.6) is 0 Å². The first-order valence-electron chi connectivity index (χ1n) is 5.94. The quantitative estimate of drug-likeness (QED) is 0.657. The maximum Gasteiger partial charge on any atom is 0.0949 e. The van der Waals surface area contributed by atoms with Crippen LogP contribution in [0.2, 0.25) is 0 Å². The van der Waals surface area contributed by atoms with Crippen LogP contribution in [0.3, 0.4) is 0 Å². The SMILES string of the molecule is COCCNCc1cn(CCCCC#N)cn1. The fraction of sp³-hybridized carbons (Fsp3) is 0.667. The molecule has 1 aromatic heterocycles. The molecule has 0 radical (unpaired) electrons. The number of aromatic nitrogens is 2. The van der Waals surface area contributed by atoms with E-state index in [9.17, 15) is 0 Å². The highest BCUT2D eigenvalue weighted by atomic mass is 16.5. The number of nitrogens with zero attached hydrogens (tertiary/aromatic N) is 3. The Bertz CT molecular complexity index is 343. The first-order valence-corrected chi connectivity index (χ1v) is 5.94. The number of nitrogens with one attached hydrogen (secondary N) is 1. The molecule has 0 aliphatic rings. The zero-order valence-corrected chi connectivity index (χ0v) is 10.4. The van der Waals surface area contributed by atoms with Crippen molar-refractivity contribution in [1.82, 2.24) is 14.9 Å². The standard InChI is InChI=1S/C12H20N4O/c1-17-8-6-14-9-12-10-16(11-15-12)7-4-2-3-5-13/h10-11,14H,2-4,6-9H2,1H3. The van der Waals surface area contributed by atoms with E-state index in [0.717, 1.165) is 44.8 Å². The summed E-state index contributed by atoms with van der Waals surface area (Å²) in [5.41, 5.74) is 1.04. The summed E-state index contributed by atoms with van der Waals surface area (Å²) in [6.45, 7) is 3.27. The van der Waals surface area contributed by atoms with Crippen molar-refractivity contribution in [2.24, 2.45) is 0 Å². The van der Waals surface area contributed by atoms with Crippen LogP contribution in [0.1, 0.15) is 25.0 Å². The van der Waals surface area contributed by atoms with Crippen molar-refractivity contribution < 1.29 is 4.74 Å².